The number of benzene rings is 2. The summed E-state index contributed by atoms with van der Waals surface area (Å²) in [6.45, 7) is 4.78. The van der Waals surface area contributed by atoms with Crippen LogP contribution < -0.4 is 15.4 Å². The molecule has 0 aliphatic rings. The Bertz CT molecular complexity index is 540. The van der Waals surface area contributed by atoms with Crippen molar-refractivity contribution in [2.24, 2.45) is 5.73 Å². The molecule has 0 amide bonds. The molecule has 0 saturated heterocycles. The van der Waals surface area contributed by atoms with E-state index in [9.17, 15) is 4.39 Å². The van der Waals surface area contributed by atoms with E-state index in [1.807, 2.05) is 24.3 Å². The number of anilines is 1. The molecule has 2 aromatic rings. The Kier molecular flexibility index (Phi) is 5.58. The first-order chi connectivity index (χ1) is 10.2. The number of halogens is 1. The largest absolute Gasteiger partial charge is 0.492 e. The molecule has 0 unspecified atom stereocenters. The lowest BCUT2D eigenvalue weighted by molar-refractivity contribution is 0.324. The van der Waals surface area contributed by atoms with Crippen LogP contribution in [0.4, 0.5) is 10.1 Å². The molecule has 2 rings (SSSR count). The smallest absolute Gasteiger partial charge is 0.123 e. The molecule has 112 valence electrons. The zero-order chi connectivity index (χ0) is 15.1. The van der Waals surface area contributed by atoms with Crippen molar-refractivity contribution in [1.82, 2.24) is 0 Å². The fourth-order valence-electron chi connectivity index (χ4n) is 2.12. The van der Waals surface area contributed by atoms with Gasteiger partial charge in [0.15, 0.2) is 0 Å². The second kappa shape index (κ2) is 7.64. The number of nitrogens with two attached hydrogens (primary N) is 1. The Morgan fingerprint density at radius 3 is 2.29 bits per heavy atom. The van der Waals surface area contributed by atoms with E-state index in [0.29, 0.717) is 13.2 Å². The molecule has 0 saturated carbocycles. The van der Waals surface area contributed by atoms with Gasteiger partial charge in [0.1, 0.15) is 18.2 Å². The highest BCUT2D eigenvalue weighted by Crippen LogP contribution is 2.15. The number of likely N-dealkylation sites (N-methyl/N-ethyl adjacent to an activating group) is 1. The zero-order valence-electron chi connectivity index (χ0n) is 12.3. The van der Waals surface area contributed by atoms with Gasteiger partial charge in [-0.25, -0.2) is 4.39 Å². The van der Waals surface area contributed by atoms with Crippen LogP contribution in [-0.2, 0) is 6.54 Å². The standard InChI is InChI=1S/C17H21FN2O/c1-2-20(16-7-5-15(18)6-8-16)11-12-21-17-9-3-14(13-19)4-10-17/h3-10H,2,11-13,19H2,1H3. The molecule has 0 radical (unpaired) electrons. The van der Waals surface area contributed by atoms with E-state index in [-0.39, 0.29) is 5.82 Å². The summed E-state index contributed by atoms with van der Waals surface area (Å²) in [5, 5.41) is 0. The first-order valence-corrected chi connectivity index (χ1v) is 7.15. The lowest BCUT2D eigenvalue weighted by atomic mass is 10.2. The fraction of sp³-hybridized carbons (Fsp3) is 0.294. The van der Waals surface area contributed by atoms with Gasteiger partial charge in [-0.2, -0.15) is 0 Å². The molecular weight excluding hydrogens is 267 g/mol. The van der Waals surface area contributed by atoms with E-state index in [0.717, 1.165) is 30.1 Å². The van der Waals surface area contributed by atoms with Gasteiger partial charge < -0.3 is 15.4 Å². The average Bonchev–Trinajstić information content (AvgIpc) is 2.53. The van der Waals surface area contributed by atoms with Gasteiger partial charge in [-0.15, -0.1) is 0 Å². The Balaban J connectivity index is 1.86. The fourth-order valence-corrected chi connectivity index (χ4v) is 2.12. The maximum atomic E-state index is 12.9. The second-order valence-corrected chi connectivity index (χ2v) is 4.75. The van der Waals surface area contributed by atoms with Crippen LogP contribution in [0.1, 0.15) is 12.5 Å². The summed E-state index contributed by atoms with van der Waals surface area (Å²) in [4.78, 5) is 2.15. The Hall–Kier alpha value is -2.07. The van der Waals surface area contributed by atoms with Crippen LogP contribution in [-0.4, -0.2) is 19.7 Å². The topological polar surface area (TPSA) is 38.5 Å². The normalized spacial score (nSPS) is 10.4. The van der Waals surface area contributed by atoms with Crippen molar-refractivity contribution in [3.63, 3.8) is 0 Å². The number of ether oxygens (including phenoxy) is 1. The van der Waals surface area contributed by atoms with Crippen molar-refractivity contribution in [2.75, 3.05) is 24.6 Å². The molecule has 2 aromatic carbocycles. The summed E-state index contributed by atoms with van der Waals surface area (Å²) in [6.07, 6.45) is 0. The van der Waals surface area contributed by atoms with Gasteiger partial charge in [0, 0.05) is 18.8 Å². The molecule has 21 heavy (non-hydrogen) atoms. The van der Waals surface area contributed by atoms with Crippen molar-refractivity contribution >= 4 is 5.69 Å². The second-order valence-electron chi connectivity index (χ2n) is 4.75. The Morgan fingerprint density at radius 1 is 1.05 bits per heavy atom. The molecule has 0 aromatic heterocycles. The highest BCUT2D eigenvalue weighted by Gasteiger charge is 2.04. The maximum absolute atomic E-state index is 12.9. The first-order valence-electron chi connectivity index (χ1n) is 7.15. The maximum Gasteiger partial charge on any atom is 0.123 e. The van der Waals surface area contributed by atoms with Crippen LogP contribution in [0.3, 0.4) is 0 Å². The van der Waals surface area contributed by atoms with Crippen LogP contribution in [0.15, 0.2) is 48.5 Å². The van der Waals surface area contributed by atoms with Crippen LogP contribution in [0.25, 0.3) is 0 Å². The molecule has 2 N–H and O–H groups in total. The summed E-state index contributed by atoms with van der Waals surface area (Å²) < 4.78 is 18.7. The highest BCUT2D eigenvalue weighted by atomic mass is 19.1. The Morgan fingerprint density at radius 2 is 1.71 bits per heavy atom. The SMILES string of the molecule is CCN(CCOc1ccc(CN)cc1)c1ccc(F)cc1. The van der Waals surface area contributed by atoms with Gasteiger partial charge in [-0.1, -0.05) is 12.1 Å². The third kappa shape index (κ3) is 4.46. The van der Waals surface area contributed by atoms with Crippen molar-refractivity contribution in [2.45, 2.75) is 13.5 Å². The van der Waals surface area contributed by atoms with Gasteiger partial charge in [-0.05, 0) is 48.9 Å². The van der Waals surface area contributed by atoms with Gasteiger partial charge in [-0.3, -0.25) is 0 Å². The van der Waals surface area contributed by atoms with E-state index >= 15 is 0 Å². The van der Waals surface area contributed by atoms with Gasteiger partial charge in [0.25, 0.3) is 0 Å². The summed E-state index contributed by atoms with van der Waals surface area (Å²) in [6, 6.07) is 14.3. The minimum atomic E-state index is -0.217. The predicted molar refractivity (Wildman–Crippen MR) is 84.1 cm³/mol. The molecule has 0 aliphatic carbocycles. The predicted octanol–water partition coefficient (Wildman–Crippen LogP) is 3.19. The lowest BCUT2D eigenvalue weighted by Gasteiger charge is -2.23. The van der Waals surface area contributed by atoms with E-state index in [4.69, 9.17) is 10.5 Å². The number of rotatable bonds is 7. The molecule has 0 aliphatic heterocycles. The summed E-state index contributed by atoms with van der Waals surface area (Å²) in [5.41, 5.74) is 7.65. The van der Waals surface area contributed by atoms with Crippen molar-refractivity contribution in [3.05, 3.63) is 59.9 Å². The molecule has 4 heteroatoms. The molecular formula is C17H21FN2O. The molecule has 0 bridgehead atoms. The lowest BCUT2D eigenvalue weighted by Crippen LogP contribution is -2.28. The minimum absolute atomic E-state index is 0.217. The van der Waals surface area contributed by atoms with E-state index in [2.05, 4.69) is 11.8 Å². The molecule has 3 nitrogen and oxygen atoms in total. The van der Waals surface area contributed by atoms with E-state index < -0.39 is 0 Å². The summed E-state index contributed by atoms with van der Waals surface area (Å²) in [7, 11) is 0. The molecule has 0 fully saturated rings. The van der Waals surface area contributed by atoms with Crippen LogP contribution in [0.2, 0.25) is 0 Å². The van der Waals surface area contributed by atoms with Crippen LogP contribution >= 0.6 is 0 Å². The molecule has 0 heterocycles. The van der Waals surface area contributed by atoms with Crippen LogP contribution in [0.5, 0.6) is 5.75 Å². The van der Waals surface area contributed by atoms with Crippen molar-refractivity contribution in [3.8, 4) is 5.75 Å². The van der Waals surface area contributed by atoms with Crippen molar-refractivity contribution in [1.29, 1.82) is 0 Å². The third-order valence-corrected chi connectivity index (χ3v) is 3.36. The first kappa shape index (κ1) is 15.3. The monoisotopic (exact) mass is 288 g/mol. The minimum Gasteiger partial charge on any atom is -0.492 e. The average molecular weight is 288 g/mol. The quantitative estimate of drug-likeness (QED) is 0.850. The number of nitrogens with zero attached hydrogens (tertiary/aromatic N) is 1. The van der Waals surface area contributed by atoms with E-state index in [1.54, 1.807) is 12.1 Å². The Labute approximate surface area is 125 Å². The zero-order valence-corrected chi connectivity index (χ0v) is 12.3. The van der Waals surface area contributed by atoms with Crippen LogP contribution in [0, 0.1) is 5.82 Å². The van der Waals surface area contributed by atoms with Crippen molar-refractivity contribution < 1.29 is 9.13 Å². The summed E-state index contributed by atoms with van der Waals surface area (Å²) >= 11 is 0. The van der Waals surface area contributed by atoms with E-state index in [1.165, 1.54) is 12.1 Å². The van der Waals surface area contributed by atoms with Gasteiger partial charge >= 0.3 is 0 Å². The number of hydrogen-bond donors (Lipinski definition) is 1. The molecule has 0 atom stereocenters. The number of hydrogen-bond acceptors (Lipinski definition) is 3. The third-order valence-electron chi connectivity index (χ3n) is 3.36. The van der Waals surface area contributed by atoms with Gasteiger partial charge in [0.05, 0.1) is 6.54 Å². The van der Waals surface area contributed by atoms with Gasteiger partial charge in [0.2, 0.25) is 0 Å². The highest BCUT2D eigenvalue weighted by molar-refractivity contribution is 5.46. The molecule has 0 spiro atoms. The summed E-state index contributed by atoms with van der Waals surface area (Å²) in [5.74, 6) is 0.619.